The Morgan fingerprint density at radius 1 is 1.22 bits per heavy atom. The maximum absolute atomic E-state index is 11.9. The van der Waals surface area contributed by atoms with E-state index in [0.717, 1.165) is 27.7 Å². The molecular formula is C23H17N5O4. The van der Waals surface area contributed by atoms with Crippen molar-refractivity contribution in [3.63, 3.8) is 0 Å². The quantitative estimate of drug-likeness (QED) is 0.368. The van der Waals surface area contributed by atoms with Crippen molar-refractivity contribution in [1.82, 2.24) is 14.5 Å². The molecule has 0 bridgehead atoms. The molecule has 0 saturated carbocycles. The van der Waals surface area contributed by atoms with Gasteiger partial charge >= 0.3 is 11.2 Å². The lowest BCUT2D eigenvalue weighted by atomic mass is 10.1. The van der Waals surface area contributed by atoms with Crippen LogP contribution in [0, 0.1) is 28.4 Å². The number of H-pyrrole nitrogens is 1. The van der Waals surface area contributed by atoms with Crippen LogP contribution in [0.25, 0.3) is 23.1 Å². The number of aromatic hydroxyl groups is 1. The van der Waals surface area contributed by atoms with Crippen LogP contribution in [0.5, 0.6) is 5.88 Å². The van der Waals surface area contributed by atoms with E-state index in [4.69, 9.17) is 0 Å². The maximum Gasteiger partial charge on any atom is 0.395 e. The van der Waals surface area contributed by atoms with Crippen molar-refractivity contribution in [3.05, 3.63) is 97.2 Å². The molecule has 0 atom stereocenters. The molecule has 32 heavy (non-hydrogen) atoms. The number of nitro groups is 1. The van der Waals surface area contributed by atoms with Crippen molar-refractivity contribution in [2.45, 2.75) is 13.5 Å². The highest BCUT2D eigenvalue weighted by atomic mass is 16.6. The molecule has 0 aliphatic rings. The summed E-state index contributed by atoms with van der Waals surface area (Å²) in [6, 6.07) is 17.4. The fraction of sp³-hybridized carbons (Fsp3) is 0.0870. The van der Waals surface area contributed by atoms with Gasteiger partial charge < -0.3 is 14.7 Å². The second-order valence-electron chi connectivity index (χ2n) is 7.09. The van der Waals surface area contributed by atoms with Gasteiger partial charge in [-0.1, -0.05) is 36.4 Å². The second kappa shape index (κ2) is 8.20. The molecule has 2 heterocycles. The smallest absolute Gasteiger partial charge is 0.395 e. The highest BCUT2D eigenvalue weighted by molar-refractivity contribution is 5.93. The molecule has 2 N–H and O–H groups in total. The summed E-state index contributed by atoms with van der Waals surface area (Å²) in [7, 11) is 0. The zero-order valence-electron chi connectivity index (χ0n) is 16.9. The van der Waals surface area contributed by atoms with Gasteiger partial charge in [0.05, 0.1) is 16.6 Å². The van der Waals surface area contributed by atoms with E-state index in [-0.39, 0.29) is 5.82 Å². The molecule has 4 aromatic rings. The van der Waals surface area contributed by atoms with E-state index in [9.17, 15) is 25.3 Å². The van der Waals surface area contributed by atoms with E-state index in [1.54, 1.807) is 12.1 Å². The number of para-hydroxylation sites is 1. The summed E-state index contributed by atoms with van der Waals surface area (Å²) >= 11 is 0. The Kier molecular flexibility index (Phi) is 5.27. The molecule has 0 spiro atoms. The Bertz CT molecular complexity index is 1490. The van der Waals surface area contributed by atoms with Crippen LogP contribution in [-0.2, 0) is 6.54 Å². The zero-order chi connectivity index (χ0) is 22.8. The van der Waals surface area contributed by atoms with Gasteiger partial charge in [0.15, 0.2) is 0 Å². The summed E-state index contributed by atoms with van der Waals surface area (Å²) in [6.07, 6.45) is 3.21. The topological polar surface area (TPSA) is 138 Å². The van der Waals surface area contributed by atoms with Gasteiger partial charge in [-0.15, -0.1) is 0 Å². The van der Waals surface area contributed by atoms with Crippen molar-refractivity contribution >= 4 is 28.7 Å². The highest BCUT2D eigenvalue weighted by Gasteiger charge is 2.21. The molecule has 0 radical (unpaired) electrons. The van der Waals surface area contributed by atoms with E-state index < -0.39 is 22.0 Å². The SMILES string of the molecule is Cc1c(C=Cc2nc(O)c([N+](=O)[O-])c(=O)[nH]2)c2ccccc2n1Cc1ccccc1C#N. The third-order valence-electron chi connectivity index (χ3n) is 5.23. The number of nitriles is 1. The highest BCUT2D eigenvalue weighted by Crippen LogP contribution is 2.29. The lowest BCUT2D eigenvalue weighted by Gasteiger charge is -2.10. The summed E-state index contributed by atoms with van der Waals surface area (Å²) in [4.78, 5) is 27.8. The van der Waals surface area contributed by atoms with Crippen molar-refractivity contribution in [2.24, 2.45) is 0 Å². The van der Waals surface area contributed by atoms with Crippen LogP contribution in [-0.4, -0.2) is 24.6 Å². The van der Waals surface area contributed by atoms with Gasteiger partial charge in [-0.3, -0.25) is 14.9 Å². The van der Waals surface area contributed by atoms with E-state index >= 15 is 0 Å². The monoisotopic (exact) mass is 427 g/mol. The van der Waals surface area contributed by atoms with Crippen LogP contribution in [0.4, 0.5) is 5.69 Å². The number of aromatic amines is 1. The Balaban J connectivity index is 1.80. The van der Waals surface area contributed by atoms with Crippen LogP contribution in [0.1, 0.15) is 28.2 Å². The number of hydrogen-bond donors (Lipinski definition) is 2. The maximum atomic E-state index is 11.9. The minimum atomic E-state index is -1.03. The third-order valence-corrected chi connectivity index (χ3v) is 5.23. The average molecular weight is 427 g/mol. The first-order valence-electron chi connectivity index (χ1n) is 9.62. The predicted octanol–water partition coefficient (Wildman–Crippen LogP) is 3.74. The fourth-order valence-corrected chi connectivity index (χ4v) is 3.69. The van der Waals surface area contributed by atoms with Crippen molar-refractivity contribution < 1.29 is 10.0 Å². The molecule has 158 valence electrons. The van der Waals surface area contributed by atoms with E-state index in [1.807, 2.05) is 49.4 Å². The largest absolute Gasteiger partial charge is 0.488 e. The number of fused-ring (bicyclic) bond motifs is 1. The molecule has 0 unspecified atom stereocenters. The Labute approximate surface area is 181 Å². The van der Waals surface area contributed by atoms with Crippen LogP contribution >= 0.6 is 0 Å². The van der Waals surface area contributed by atoms with Crippen LogP contribution in [0.3, 0.4) is 0 Å². The molecule has 0 saturated heterocycles. The number of hydrogen-bond acceptors (Lipinski definition) is 6. The molecule has 2 aromatic carbocycles. The third kappa shape index (κ3) is 3.61. The fourth-order valence-electron chi connectivity index (χ4n) is 3.69. The van der Waals surface area contributed by atoms with Gasteiger partial charge in [0.25, 0.3) is 5.88 Å². The lowest BCUT2D eigenvalue weighted by molar-refractivity contribution is -0.387. The number of benzene rings is 2. The van der Waals surface area contributed by atoms with Gasteiger partial charge in [-0.05, 0) is 36.8 Å². The van der Waals surface area contributed by atoms with Crippen molar-refractivity contribution in [2.75, 3.05) is 0 Å². The molecule has 9 nitrogen and oxygen atoms in total. The van der Waals surface area contributed by atoms with Crippen LogP contribution in [0.2, 0.25) is 0 Å². The predicted molar refractivity (Wildman–Crippen MR) is 119 cm³/mol. The molecule has 0 aliphatic heterocycles. The number of nitrogens with zero attached hydrogens (tertiary/aromatic N) is 4. The van der Waals surface area contributed by atoms with E-state index in [1.165, 1.54) is 6.08 Å². The summed E-state index contributed by atoms with van der Waals surface area (Å²) in [6.45, 7) is 2.44. The van der Waals surface area contributed by atoms with E-state index in [0.29, 0.717) is 12.1 Å². The Hall–Kier alpha value is -4.71. The van der Waals surface area contributed by atoms with Gasteiger partial charge in [0, 0.05) is 28.7 Å². The molecule has 9 heteroatoms. The van der Waals surface area contributed by atoms with Gasteiger partial charge in [-0.2, -0.15) is 10.2 Å². The first-order chi connectivity index (χ1) is 15.4. The molecule has 2 aromatic heterocycles. The summed E-state index contributed by atoms with van der Waals surface area (Å²) in [5.74, 6) is -0.949. The first kappa shape index (κ1) is 20.6. The van der Waals surface area contributed by atoms with Crippen LogP contribution < -0.4 is 5.56 Å². The first-order valence-corrected chi connectivity index (χ1v) is 9.62. The average Bonchev–Trinajstić information content (AvgIpc) is 3.03. The van der Waals surface area contributed by atoms with Crippen molar-refractivity contribution in [3.8, 4) is 11.9 Å². The standard InChI is InChI=1S/C23H17N5O4/c1-14-17(10-11-20-25-22(29)21(28(31)32)23(30)26-20)18-8-4-5-9-19(18)27(14)13-16-7-3-2-6-15(16)12-24/h2-11H,13H2,1H3,(H2,25,26,29,30). The molecule has 0 fully saturated rings. The summed E-state index contributed by atoms with van der Waals surface area (Å²) < 4.78 is 2.09. The van der Waals surface area contributed by atoms with Gasteiger partial charge in [0.1, 0.15) is 5.82 Å². The van der Waals surface area contributed by atoms with Gasteiger partial charge in [-0.25, -0.2) is 0 Å². The minimum absolute atomic E-state index is 0.0100. The minimum Gasteiger partial charge on any atom is -0.488 e. The Morgan fingerprint density at radius 3 is 2.66 bits per heavy atom. The molecule has 0 amide bonds. The van der Waals surface area contributed by atoms with Crippen molar-refractivity contribution in [1.29, 1.82) is 5.26 Å². The van der Waals surface area contributed by atoms with E-state index in [2.05, 4.69) is 20.6 Å². The lowest BCUT2D eigenvalue weighted by Crippen LogP contribution is -2.14. The number of rotatable bonds is 5. The van der Waals surface area contributed by atoms with Gasteiger partial charge in [0.2, 0.25) is 0 Å². The summed E-state index contributed by atoms with van der Waals surface area (Å²) in [5, 5.41) is 31.0. The number of aromatic nitrogens is 3. The normalized spacial score (nSPS) is 11.1. The summed E-state index contributed by atoms with van der Waals surface area (Å²) in [5.41, 5.74) is 2.20. The second-order valence-corrected chi connectivity index (χ2v) is 7.09. The van der Waals surface area contributed by atoms with Crippen LogP contribution in [0.15, 0.2) is 53.3 Å². The number of nitrogens with one attached hydrogen (secondary N) is 1. The zero-order valence-corrected chi connectivity index (χ0v) is 16.9. The molecule has 0 aliphatic carbocycles. The Morgan fingerprint density at radius 2 is 1.94 bits per heavy atom. The molecule has 4 rings (SSSR count). The molecular weight excluding hydrogens is 410 g/mol.